The van der Waals surface area contributed by atoms with Gasteiger partial charge in [0.1, 0.15) is 11.6 Å². The average Bonchev–Trinajstić information content (AvgIpc) is 2.89. The highest BCUT2D eigenvalue weighted by Crippen LogP contribution is 2.19. The lowest BCUT2D eigenvalue weighted by atomic mass is 10.1. The summed E-state index contributed by atoms with van der Waals surface area (Å²) in [6.07, 6.45) is 2.62. The smallest absolute Gasteiger partial charge is 0.189 e. The molecule has 3 aromatic rings. The third-order valence-corrected chi connectivity index (χ3v) is 3.92. The minimum Gasteiger partial charge on any atom is -0.289 e. The summed E-state index contributed by atoms with van der Waals surface area (Å²) in [4.78, 5) is 12.5. The number of nitrogens with zero attached hydrogens (tertiary/aromatic N) is 2. The summed E-state index contributed by atoms with van der Waals surface area (Å²) in [6.45, 7) is 3.57. The largest absolute Gasteiger partial charge is 0.289 e. The van der Waals surface area contributed by atoms with Crippen molar-refractivity contribution >= 4 is 11.9 Å². The Kier molecular flexibility index (Phi) is 4.57. The van der Waals surface area contributed by atoms with Gasteiger partial charge in [-0.3, -0.25) is 4.79 Å². The van der Waals surface area contributed by atoms with Crippen LogP contribution >= 0.6 is 0 Å². The van der Waals surface area contributed by atoms with E-state index in [1.54, 1.807) is 11.6 Å². The van der Waals surface area contributed by atoms with Crippen molar-refractivity contribution in [2.24, 2.45) is 0 Å². The fourth-order valence-corrected chi connectivity index (χ4v) is 2.71. The summed E-state index contributed by atoms with van der Waals surface area (Å²) < 4.78 is 28.3. The molecule has 1 aromatic heterocycles. The minimum atomic E-state index is -0.711. The van der Waals surface area contributed by atoms with Crippen molar-refractivity contribution in [1.82, 2.24) is 9.78 Å². The van der Waals surface area contributed by atoms with E-state index in [9.17, 15) is 13.6 Å². The maximum Gasteiger partial charge on any atom is 0.189 e. The summed E-state index contributed by atoms with van der Waals surface area (Å²) in [5.41, 5.74) is 2.78. The summed E-state index contributed by atoms with van der Waals surface area (Å²) >= 11 is 0. The zero-order valence-corrected chi connectivity index (χ0v) is 13.8. The second kappa shape index (κ2) is 6.81. The molecule has 5 heteroatoms. The van der Waals surface area contributed by atoms with Gasteiger partial charge in [-0.05, 0) is 50.3 Å². The number of hydrogen-bond donors (Lipinski definition) is 0. The molecule has 25 heavy (non-hydrogen) atoms. The maximum absolute atomic E-state index is 13.7. The normalized spacial score (nSPS) is 11.2. The van der Waals surface area contributed by atoms with E-state index >= 15 is 0 Å². The first kappa shape index (κ1) is 16.8. The van der Waals surface area contributed by atoms with E-state index in [0.29, 0.717) is 17.0 Å². The summed E-state index contributed by atoms with van der Waals surface area (Å²) in [5, 5.41) is 4.42. The van der Waals surface area contributed by atoms with Crippen LogP contribution in [0.1, 0.15) is 27.3 Å². The van der Waals surface area contributed by atoms with Crippen LogP contribution in [0.5, 0.6) is 0 Å². The monoisotopic (exact) mass is 338 g/mol. The number of ketones is 1. The van der Waals surface area contributed by atoms with Crippen molar-refractivity contribution in [2.45, 2.75) is 13.8 Å². The standard InChI is InChI=1S/C20H16F2N2O/c1-13-20(14(2)24(23-13)17-6-4-3-5-7-17)19(25)11-9-15-8-10-16(21)12-18(15)22/h3-12H,1-2H3/b11-9+. The zero-order chi connectivity index (χ0) is 18.0. The first-order chi connectivity index (χ1) is 12.0. The molecular formula is C20H16F2N2O. The lowest BCUT2D eigenvalue weighted by Gasteiger charge is -2.04. The Hall–Kier alpha value is -3.08. The van der Waals surface area contributed by atoms with Crippen molar-refractivity contribution in [3.05, 3.63) is 88.8 Å². The van der Waals surface area contributed by atoms with Crippen LogP contribution < -0.4 is 0 Å². The third kappa shape index (κ3) is 3.40. The quantitative estimate of drug-likeness (QED) is 0.512. The fourth-order valence-electron chi connectivity index (χ4n) is 2.71. The van der Waals surface area contributed by atoms with Crippen LogP contribution in [0.25, 0.3) is 11.8 Å². The van der Waals surface area contributed by atoms with Gasteiger partial charge in [0.25, 0.3) is 0 Å². The second-order valence-corrected chi connectivity index (χ2v) is 5.66. The number of benzene rings is 2. The lowest BCUT2D eigenvalue weighted by Crippen LogP contribution is -2.01. The highest BCUT2D eigenvalue weighted by Gasteiger charge is 2.17. The Bertz CT molecular complexity index is 959. The molecular weight excluding hydrogens is 322 g/mol. The second-order valence-electron chi connectivity index (χ2n) is 5.66. The van der Waals surface area contributed by atoms with Crippen molar-refractivity contribution in [1.29, 1.82) is 0 Å². The first-order valence-electron chi connectivity index (χ1n) is 7.76. The van der Waals surface area contributed by atoms with Gasteiger partial charge in [-0.1, -0.05) is 18.2 Å². The van der Waals surface area contributed by atoms with Crippen LogP contribution in [0.15, 0.2) is 54.6 Å². The molecule has 2 aromatic carbocycles. The number of aromatic nitrogens is 2. The predicted molar refractivity (Wildman–Crippen MR) is 92.8 cm³/mol. The number of carbonyl (C=O) groups excluding carboxylic acids is 1. The molecule has 3 rings (SSSR count). The number of carbonyl (C=O) groups is 1. The van der Waals surface area contributed by atoms with E-state index in [1.807, 2.05) is 37.3 Å². The third-order valence-electron chi connectivity index (χ3n) is 3.92. The average molecular weight is 338 g/mol. The molecule has 0 aliphatic heterocycles. The Balaban J connectivity index is 1.93. The number of halogens is 2. The van der Waals surface area contributed by atoms with E-state index in [4.69, 9.17) is 0 Å². The van der Waals surface area contributed by atoms with Gasteiger partial charge in [-0.25, -0.2) is 13.5 Å². The number of para-hydroxylation sites is 1. The number of hydrogen-bond acceptors (Lipinski definition) is 2. The summed E-state index contributed by atoms with van der Waals surface area (Å²) in [7, 11) is 0. The molecule has 0 fully saturated rings. The molecule has 126 valence electrons. The fraction of sp³-hybridized carbons (Fsp3) is 0.100. The maximum atomic E-state index is 13.7. The van der Waals surface area contributed by atoms with Gasteiger partial charge in [0.05, 0.1) is 22.6 Å². The molecule has 3 nitrogen and oxygen atoms in total. The molecule has 0 radical (unpaired) electrons. The number of allylic oxidation sites excluding steroid dienone is 1. The van der Waals surface area contributed by atoms with Gasteiger partial charge in [0.15, 0.2) is 5.78 Å². The van der Waals surface area contributed by atoms with Crippen molar-refractivity contribution < 1.29 is 13.6 Å². The van der Waals surface area contributed by atoms with Gasteiger partial charge < -0.3 is 0 Å². The van der Waals surface area contributed by atoms with Crippen LogP contribution in [-0.2, 0) is 0 Å². The first-order valence-corrected chi connectivity index (χ1v) is 7.76. The summed E-state index contributed by atoms with van der Waals surface area (Å²) in [5.74, 6) is -1.64. The van der Waals surface area contributed by atoms with Crippen molar-refractivity contribution in [3.8, 4) is 5.69 Å². The Labute approximate surface area is 144 Å². The van der Waals surface area contributed by atoms with E-state index in [2.05, 4.69) is 5.10 Å². The van der Waals surface area contributed by atoms with Gasteiger partial charge in [-0.15, -0.1) is 0 Å². The van der Waals surface area contributed by atoms with Crippen LogP contribution in [0, 0.1) is 25.5 Å². The van der Waals surface area contributed by atoms with Gasteiger partial charge >= 0.3 is 0 Å². The number of rotatable bonds is 4. The van der Waals surface area contributed by atoms with Crippen molar-refractivity contribution in [2.75, 3.05) is 0 Å². The SMILES string of the molecule is Cc1nn(-c2ccccc2)c(C)c1C(=O)/C=C/c1ccc(F)cc1F. The molecule has 0 atom stereocenters. The van der Waals surface area contributed by atoms with Crippen molar-refractivity contribution in [3.63, 3.8) is 0 Å². The van der Waals surface area contributed by atoms with Crippen LogP contribution in [-0.4, -0.2) is 15.6 Å². The van der Waals surface area contributed by atoms with E-state index in [1.165, 1.54) is 18.2 Å². The van der Waals surface area contributed by atoms with E-state index in [-0.39, 0.29) is 11.3 Å². The Morgan fingerprint density at radius 1 is 1.08 bits per heavy atom. The molecule has 0 bridgehead atoms. The molecule has 0 aliphatic carbocycles. The molecule has 0 amide bonds. The molecule has 1 heterocycles. The molecule has 0 aliphatic rings. The lowest BCUT2D eigenvalue weighted by molar-refractivity contribution is 0.104. The predicted octanol–water partition coefficient (Wildman–Crippen LogP) is 4.66. The molecule has 0 saturated heterocycles. The molecule has 0 saturated carbocycles. The highest BCUT2D eigenvalue weighted by atomic mass is 19.1. The summed E-state index contributed by atoms with van der Waals surface area (Å²) in [6, 6.07) is 12.7. The van der Waals surface area contributed by atoms with Gasteiger partial charge in [0, 0.05) is 11.6 Å². The van der Waals surface area contributed by atoms with Crippen LogP contribution in [0.4, 0.5) is 8.78 Å². The van der Waals surface area contributed by atoms with Gasteiger partial charge in [0.2, 0.25) is 0 Å². The Morgan fingerprint density at radius 2 is 1.80 bits per heavy atom. The molecule has 0 N–H and O–H groups in total. The zero-order valence-electron chi connectivity index (χ0n) is 13.8. The molecule has 0 spiro atoms. The van der Waals surface area contributed by atoms with Gasteiger partial charge in [-0.2, -0.15) is 5.10 Å². The van der Waals surface area contributed by atoms with E-state index in [0.717, 1.165) is 17.8 Å². The Morgan fingerprint density at radius 3 is 2.48 bits per heavy atom. The topological polar surface area (TPSA) is 34.9 Å². The minimum absolute atomic E-state index is 0.153. The highest BCUT2D eigenvalue weighted by molar-refractivity contribution is 6.08. The van der Waals surface area contributed by atoms with Crippen LogP contribution in [0.2, 0.25) is 0 Å². The molecule has 0 unspecified atom stereocenters. The van der Waals surface area contributed by atoms with E-state index < -0.39 is 11.6 Å². The van der Waals surface area contributed by atoms with Crippen LogP contribution in [0.3, 0.4) is 0 Å². The number of aryl methyl sites for hydroxylation is 1.